The Labute approximate surface area is 124 Å². The van der Waals surface area contributed by atoms with Gasteiger partial charge in [0.05, 0.1) is 13.3 Å². The fourth-order valence-electron chi connectivity index (χ4n) is 2.97. The maximum absolute atomic E-state index is 10.0. The highest BCUT2D eigenvalue weighted by molar-refractivity contribution is 5.39. The number of nitrogens with one attached hydrogen (secondary N) is 1. The van der Waals surface area contributed by atoms with Crippen molar-refractivity contribution in [1.82, 2.24) is 15.1 Å². The molecule has 1 heterocycles. The Morgan fingerprint density at radius 1 is 1.48 bits per heavy atom. The number of ether oxygens (including phenoxy) is 1. The van der Waals surface area contributed by atoms with E-state index < -0.39 is 0 Å². The summed E-state index contributed by atoms with van der Waals surface area (Å²) in [6, 6.07) is 5.72. The summed E-state index contributed by atoms with van der Waals surface area (Å²) in [7, 11) is 3.59. The van der Waals surface area contributed by atoms with E-state index in [4.69, 9.17) is 4.74 Å². The van der Waals surface area contributed by atoms with Crippen LogP contribution in [0.15, 0.2) is 24.4 Å². The zero-order valence-corrected chi connectivity index (χ0v) is 12.5. The quantitative estimate of drug-likeness (QED) is 0.906. The van der Waals surface area contributed by atoms with Gasteiger partial charge in [-0.3, -0.25) is 4.68 Å². The maximum atomic E-state index is 10.0. The molecule has 5 heteroatoms. The molecule has 1 atom stereocenters. The molecule has 2 aromatic rings. The molecule has 0 spiro atoms. The standard InChI is InChI=1S/C16H21N3O2/c1-19-15-5-3-4-14(13(15)10-18-19)17-9-11-6-7-12(21-2)8-16(11)20/h6-8,10,14,17,20H,3-5,9H2,1-2H3. The van der Waals surface area contributed by atoms with Crippen molar-refractivity contribution in [2.24, 2.45) is 7.05 Å². The number of nitrogens with zero attached hydrogens (tertiary/aromatic N) is 2. The van der Waals surface area contributed by atoms with Crippen molar-refractivity contribution in [2.45, 2.75) is 31.8 Å². The molecule has 2 N–H and O–H groups in total. The number of hydrogen-bond donors (Lipinski definition) is 2. The van der Waals surface area contributed by atoms with Crippen molar-refractivity contribution in [2.75, 3.05) is 7.11 Å². The lowest BCUT2D eigenvalue weighted by Crippen LogP contribution is -2.24. The highest BCUT2D eigenvalue weighted by Crippen LogP contribution is 2.30. The van der Waals surface area contributed by atoms with Gasteiger partial charge in [0, 0.05) is 42.5 Å². The lowest BCUT2D eigenvalue weighted by Gasteiger charge is -2.24. The minimum Gasteiger partial charge on any atom is -0.507 e. The number of phenolic OH excluding ortho intramolecular Hbond substituents is 1. The van der Waals surface area contributed by atoms with E-state index in [1.54, 1.807) is 13.2 Å². The molecule has 1 unspecified atom stereocenters. The van der Waals surface area contributed by atoms with Gasteiger partial charge in [0.1, 0.15) is 11.5 Å². The highest BCUT2D eigenvalue weighted by atomic mass is 16.5. The Morgan fingerprint density at radius 2 is 2.33 bits per heavy atom. The second kappa shape index (κ2) is 5.77. The van der Waals surface area contributed by atoms with E-state index in [2.05, 4.69) is 10.4 Å². The average molecular weight is 287 g/mol. The van der Waals surface area contributed by atoms with Crippen LogP contribution in [0.4, 0.5) is 0 Å². The van der Waals surface area contributed by atoms with Crippen molar-refractivity contribution in [1.29, 1.82) is 0 Å². The van der Waals surface area contributed by atoms with Gasteiger partial charge >= 0.3 is 0 Å². The van der Waals surface area contributed by atoms with Crippen LogP contribution in [-0.4, -0.2) is 22.0 Å². The molecule has 0 radical (unpaired) electrons. The lowest BCUT2D eigenvalue weighted by molar-refractivity contribution is 0.403. The molecule has 1 aromatic heterocycles. The van der Waals surface area contributed by atoms with E-state index >= 15 is 0 Å². The molecule has 5 nitrogen and oxygen atoms in total. The van der Waals surface area contributed by atoms with Crippen LogP contribution in [0.2, 0.25) is 0 Å². The fraction of sp³-hybridized carbons (Fsp3) is 0.438. The molecule has 21 heavy (non-hydrogen) atoms. The van der Waals surface area contributed by atoms with Crippen LogP contribution in [-0.2, 0) is 20.0 Å². The van der Waals surface area contributed by atoms with Crippen LogP contribution in [0.1, 0.15) is 35.7 Å². The zero-order valence-electron chi connectivity index (χ0n) is 12.5. The van der Waals surface area contributed by atoms with Crippen molar-refractivity contribution in [3.05, 3.63) is 41.2 Å². The first-order chi connectivity index (χ1) is 10.2. The predicted molar refractivity (Wildman–Crippen MR) is 80.4 cm³/mol. The second-order valence-electron chi connectivity index (χ2n) is 5.49. The smallest absolute Gasteiger partial charge is 0.123 e. The number of aromatic nitrogens is 2. The van der Waals surface area contributed by atoms with Gasteiger partial charge in [-0.15, -0.1) is 0 Å². The average Bonchev–Trinajstić information content (AvgIpc) is 2.88. The first kappa shape index (κ1) is 13.9. The normalized spacial score (nSPS) is 17.5. The van der Waals surface area contributed by atoms with E-state index in [1.807, 2.05) is 30.1 Å². The number of hydrogen-bond acceptors (Lipinski definition) is 4. The minimum absolute atomic E-state index is 0.268. The molecule has 0 bridgehead atoms. The van der Waals surface area contributed by atoms with E-state index in [0.29, 0.717) is 18.3 Å². The third-order valence-electron chi connectivity index (χ3n) is 4.21. The molecule has 0 fully saturated rings. The van der Waals surface area contributed by atoms with E-state index in [1.165, 1.54) is 17.7 Å². The Bertz CT molecular complexity index is 636. The second-order valence-corrected chi connectivity index (χ2v) is 5.49. The Hall–Kier alpha value is -2.01. The monoisotopic (exact) mass is 287 g/mol. The third kappa shape index (κ3) is 2.74. The summed E-state index contributed by atoms with van der Waals surface area (Å²) in [5, 5.41) is 17.9. The first-order valence-electron chi connectivity index (χ1n) is 7.29. The summed E-state index contributed by atoms with van der Waals surface area (Å²) in [5.41, 5.74) is 3.49. The number of rotatable bonds is 4. The number of aromatic hydroxyl groups is 1. The molecule has 0 amide bonds. The molecule has 1 aliphatic carbocycles. The predicted octanol–water partition coefficient (Wildman–Crippen LogP) is 2.30. The summed E-state index contributed by atoms with van der Waals surface area (Å²) in [4.78, 5) is 0. The van der Waals surface area contributed by atoms with Crippen molar-refractivity contribution in [3.63, 3.8) is 0 Å². The minimum atomic E-state index is 0.268. The maximum Gasteiger partial charge on any atom is 0.123 e. The van der Waals surface area contributed by atoms with Crippen molar-refractivity contribution in [3.8, 4) is 11.5 Å². The fourth-order valence-corrected chi connectivity index (χ4v) is 2.97. The first-order valence-corrected chi connectivity index (χ1v) is 7.29. The van der Waals surface area contributed by atoms with E-state index in [9.17, 15) is 5.11 Å². The molecule has 0 aliphatic heterocycles. The molecule has 1 aromatic carbocycles. The van der Waals surface area contributed by atoms with Gasteiger partial charge in [0.2, 0.25) is 0 Å². The van der Waals surface area contributed by atoms with Crippen LogP contribution in [0.3, 0.4) is 0 Å². The van der Waals surface area contributed by atoms with Gasteiger partial charge in [-0.1, -0.05) is 6.07 Å². The zero-order chi connectivity index (χ0) is 14.8. The topological polar surface area (TPSA) is 59.3 Å². The Morgan fingerprint density at radius 3 is 3.10 bits per heavy atom. The van der Waals surface area contributed by atoms with Crippen LogP contribution in [0, 0.1) is 0 Å². The van der Waals surface area contributed by atoms with E-state index in [-0.39, 0.29) is 5.75 Å². The van der Waals surface area contributed by atoms with Gasteiger partial charge < -0.3 is 15.2 Å². The third-order valence-corrected chi connectivity index (χ3v) is 4.21. The van der Waals surface area contributed by atoms with Crippen LogP contribution >= 0.6 is 0 Å². The van der Waals surface area contributed by atoms with Gasteiger partial charge in [0.25, 0.3) is 0 Å². The summed E-state index contributed by atoms with van der Waals surface area (Å²) < 4.78 is 7.07. The molecular formula is C16H21N3O2. The van der Waals surface area contributed by atoms with E-state index in [0.717, 1.165) is 18.4 Å². The van der Waals surface area contributed by atoms with Gasteiger partial charge in [-0.25, -0.2) is 0 Å². The molecule has 3 rings (SSSR count). The number of phenols is 1. The van der Waals surface area contributed by atoms with Crippen LogP contribution in [0.25, 0.3) is 0 Å². The number of benzene rings is 1. The summed E-state index contributed by atoms with van der Waals surface area (Å²) in [5.74, 6) is 0.938. The summed E-state index contributed by atoms with van der Waals surface area (Å²) in [6.45, 7) is 0.634. The molecule has 1 aliphatic rings. The van der Waals surface area contributed by atoms with Crippen LogP contribution < -0.4 is 10.1 Å². The van der Waals surface area contributed by atoms with Gasteiger partial charge in [0.15, 0.2) is 0 Å². The largest absolute Gasteiger partial charge is 0.507 e. The Balaban J connectivity index is 1.71. The highest BCUT2D eigenvalue weighted by Gasteiger charge is 2.23. The molecule has 112 valence electrons. The van der Waals surface area contributed by atoms with Crippen molar-refractivity contribution < 1.29 is 9.84 Å². The molecular weight excluding hydrogens is 266 g/mol. The summed E-state index contributed by atoms with van der Waals surface area (Å²) in [6.07, 6.45) is 5.33. The molecule has 0 saturated carbocycles. The number of aryl methyl sites for hydroxylation is 1. The Kier molecular flexibility index (Phi) is 3.84. The lowest BCUT2D eigenvalue weighted by atomic mass is 9.93. The van der Waals surface area contributed by atoms with Gasteiger partial charge in [-0.2, -0.15) is 5.10 Å². The van der Waals surface area contributed by atoms with Crippen molar-refractivity contribution >= 4 is 0 Å². The van der Waals surface area contributed by atoms with Crippen LogP contribution in [0.5, 0.6) is 11.5 Å². The summed E-state index contributed by atoms with van der Waals surface area (Å²) >= 11 is 0. The molecule has 0 saturated heterocycles. The SMILES string of the molecule is COc1ccc(CNC2CCCc3c2cnn3C)c(O)c1. The van der Waals surface area contributed by atoms with Gasteiger partial charge in [-0.05, 0) is 25.3 Å². The number of fused-ring (bicyclic) bond motifs is 1. The number of methoxy groups -OCH3 is 1.